The first kappa shape index (κ1) is 10.5. The van der Waals surface area contributed by atoms with Crippen LogP contribution in [0, 0.1) is 15.9 Å². The van der Waals surface area contributed by atoms with Gasteiger partial charge in [0.2, 0.25) is 0 Å². The van der Waals surface area contributed by atoms with Gasteiger partial charge >= 0.3 is 10.2 Å². The predicted octanol–water partition coefficient (Wildman–Crippen LogP) is 1.39. The van der Waals surface area contributed by atoms with E-state index in [0.29, 0.717) is 12.1 Å². The van der Waals surface area contributed by atoms with Crippen molar-refractivity contribution in [1.29, 1.82) is 0 Å². The van der Waals surface area contributed by atoms with Crippen molar-refractivity contribution in [3.63, 3.8) is 0 Å². The van der Waals surface area contributed by atoms with E-state index in [2.05, 4.69) is 0 Å². The van der Waals surface area contributed by atoms with Crippen molar-refractivity contribution >= 4 is 15.9 Å². The van der Waals surface area contributed by atoms with Gasteiger partial charge in [-0.25, -0.2) is 4.39 Å². The molecule has 0 saturated carbocycles. The van der Waals surface area contributed by atoms with Crippen LogP contribution in [-0.4, -0.2) is 13.3 Å². The molecule has 1 aromatic carbocycles. The summed E-state index contributed by atoms with van der Waals surface area (Å²) in [4.78, 5) is 7.88. The monoisotopic (exact) mass is 223 g/mol. The molecule has 0 heterocycles. The maximum absolute atomic E-state index is 12.7. The van der Waals surface area contributed by atoms with Crippen molar-refractivity contribution in [3.05, 3.63) is 34.1 Å². The van der Waals surface area contributed by atoms with E-state index in [4.69, 9.17) is 0 Å². The number of nitro benzene ring substituents is 1. The number of hydrogen-bond acceptors (Lipinski definition) is 4. The SMILES string of the molecule is O=[N+]([O-])c1ccc(F)c(S(=O)(=O)F)c1. The number of benzene rings is 1. The molecule has 0 aliphatic carbocycles. The molecule has 0 N–H and O–H groups in total. The first-order valence-corrected chi connectivity index (χ1v) is 4.59. The molecular formula is C6H3F2NO4S. The van der Waals surface area contributed by atoms with Gasteiger partial charge in [0.1, 0.15) is 10.7 Å². The number of halogens is 2. The summed E-state index contributed by atoms with van der Waals surface area (Å²) in [6, 6.07) is 1.58. The Hall–Kier alpha value is -1.57. The predicted molar refractivity (Wildman–Crippen MR) is 41.3 cm³/mol. The summed E-state index contributed by atoms with van der Waals surface area (Å²) in [6.45, 7) is 0. The van der Waals surface area contributed by atoms with Crippen molar-refractivity contribution in [2.24, 2.45) is 0 Å². The lowest BCUT2D eigenvalue weighted by atomic mass is 10.3. The van der Waals surface area contributed by atoms with Gasteiger partial charge in [-0.3, -0.25) is 10.1 Å². The Morgan fingerprint density at radius 1 is 1.36 bits per heavy atom. The molecule has 0 amide bonds. The third kappa shape index (κ3) is 2.02. The smallest absolute Gasteiger partial charge is 0.258 e. The highest BCUT2D eigenvalue weighted by molar-refractivity contribution is 7.86. The molecule has 0 radical (unpaired) electrons. The molecule has 0 aromatic heterocycles. The maximum Gasteiger partial charge on any atom is 0.335 e. The average Bonchev–Trinajstić information content (AvgIpc) is 2.02. The average molecular weight is 223 g/mol. The molecule has 0 saturated heterocycles. The van der Waals surface area contributed by atoms with Crippen LogP contribution < -0.4 is 0 Å². The Bertz CT molecular complexity index is 485. The minimum Gasteiger partial charge on any atom is -0.258 e. The summed E-state index contributed by atoms with van der Waals surface area (Å²) in [5.74, 6) is -1.36. The van der Waals surface area contributed by atoms with E-state index in [-0.39, 0.29) is 0 Å². The molecule has 0 aliphatic heterocycles. The summed E-state index contributed by atoms with van der Waals surface area (Å²) >= 11 is 0. The van der Waals surface area contributed by atoms with Gasteiger partial charge in [0.05, 0.1) is 4.92 Å². The van der Waals surface area contributed by atoms with Gasteiger partial charge in [0.15, 0.2) is 0 Å². The topological polar surface area (TPSA) is 77.3 Å². The van der Waals surface area contributed by atoms with Crippen molar-refractivity contribution in [1.82, 2.24) is 0 Å². The minimum absolute atomic E-state index is 0.324. The third-order valence-electron chi connectivity index (χ3n) is 1.39. The lowest BCUT2D eigenvalue weighted by Crippen LogP contribution is -1.98. The lowest BCUT2D eigenvalue weighted by Gasteiger charge is -1.96. The fraction of sp³-hybridized carbons (Fsp3) is 0. The summed E-state index contributed by atoms with van der Waals surface area (Å²) in [5, 5.41) is 10.2. The zero-order chi connectivity index (χ0) is 10.9. The molecule has 8 heteroatoms. The summed E-state index contributed by atoms with van der Waals surface area (Å²) in [5.41, 5.74) is -0.692. The summed E-state index contributed by atoms with van der Waals surface area (Å²) in [7, 11) is -5.27. The Labute approximate surface area is 77.3 Å². The fourth-order valence-electron chi connectivity index (χ4n) is 0.792. The zero-order valence-corrected chi connectivity index (χ0v) is 7.29. The first-order chi connectivity index (χ1) is 6.32. The molecule has 0 bridgehead atoms. The largest absolute Gasteiger partial charge is 0.335 e. The quantitative estimate of drug-likeness (QED) is 0.431. The van der Waals surface area contributed by atoms with Crippen molar-refractivity contribution in [2.45, 2.75) is 4.90 Å². The third-order valence-corrected chi connectivity index (χ3v) is 2.23. The zero-order valence-electron chi connectivity index (χ0n) is 6.48. The second-order valence-electron chi connectivity index (χ2n) is 2.31. The van der Waals surface area contributed by atoms with Crippen LogP contribution in [0.3, 0.4) is 0 Å². The summed E-state index contributed by atoms with van der Waals surface area (Å²) < 4.78 is 45.6. The van der Waals surface area contributed by atoms with Gasteiger partial charge in [0, 0.05) is 12.1 Å². The van der Waals surface area contributed by atoms with Gasteiger partial charge in [-0.1, -0.05) is 0 Å². The van der Waals surface area contributed by atoms with Crippen molar-refractivity contribution in [3.8, 4) is 0 Å². The molecule has 1 rings (SSSR count). The minimum atomic E-state index is -5.27. The number of non-ortho nitro benzene ring substituents is 1. The fourth-order valence-corrected chi connectivity index (χ4v) is 1.35. The Balaban J connectivity index is 3.44. The van der Waals surface area contributed by atoms with Gasteiger partial charge in [-0.2, -0.15) is 8.42 Å². The maximum atomic E-state index is 12.7. The second-order valence-corrected chi connectivity index (χ2v) is 3.63. The number of hydrogen-bond donors (Lipinski definition) is 0. The second kappa shape index (κ2) is 3.29. The molecule has 1 aromatic rings. The normalized spacial score (nSPS) is 11.3. The van der Waals surface area contributed by atoms with Crippen molar-refractivity contribution < 1.29 is 21.6 Å². The Morgan fingerprint density at radius 2 is 1.93 bits per heavy atom. The van der Waals surface area contributed by atoms with Gasteiger partial charge in [-0.05, 0) is 6.07 Å². The molecule has 5 nitrogen and oxygen atoms in total. The molecule has 0 atom stereocenters. The number of nitro groups is 1. The van der Waals surface area contributed by atoms with Gasteiger partial charge < -0.3 is 0 Å². The van der Waals surface area contributed by atoms with Gasteiger partial charge in [0.25, 0.3) is 5.69 Å². The van der Waals surface area contributed by atoms with Crippen LogP contribution in [0.2, 0.25) is 0 Å². The molecule has 0 unspecified atom stereocenters. The molecule has 0 fully saturated rings. The molecule has 0 aliphatic rings. The van der Waals surface area contributed by atoms with E-state index in [9.17, 15) is 26.8 Å². The highest BCUT2D eigenvalue weighted by Gasteiger charge is 2.21. The first-order valence-electron chi connectivity index (χ1n) is 3.21. The molecule has 14 heavy (non-hydrogen) atoms. The number of rotatable bonds is 2. The highest BCUT2D eigenvalue weighted by atomic mass is 32.3. The van der Waals surface area contributed by atoms with Crippen LogP contribution in [0.4, 0.5) is 14.0 Å². The van der Waals surface area contributed by atoms with E-state index in [1.54, 1.807) is 0 Å². The van der Waals surface area contributed by atoms with Crippen LogP contribution in [0.15, 0.2) is 23.1 Å². The number of nitrogens with zero attached hydrogens (tertiary/aromatic N) is 1. The van der Waals surface area contributed by atoms with E-state index in [0.717, 1.165) is 6.07 Å². The van der Waals surface area contributed by atoms with E-state index < -0.39 is 31.5 Å². The lowest BCUT2D eigenvalue weighted by molar-refractivity contribution is -0.385. The highest BCUT2D eigenvalue weighted by Crippen LogP contribution is 2.22. The van der Waals surface area contributed by atoms with E-state index in [1.165, 1.54) is 0 Å². The Kier molecular flexibility index (Phi) is 2.47. The van der Waals surface area contributed by atoms with Gasteiger partial charge in [-0.15, -0.1) is 3.89 Å². The summed E-state index contributed by atoms with van der Waals surface area (Å²) in [6.07, 6.45) is 0. The van der Waals surface area contributed by atoms with Crippen LogP contribution in [0.25, 0.3) is 0 Å². The molecule has 0 spiro atoms. The standard InChI is InChI=1S/C6H3F2NO4S/c7-5-2-1-4(9(10)11)3-6(5)14(8,12)13/h1-3H. The van der Waals surface area contributed by atoms with Crippen LogP contribution >= 0.6 is 0 Å². The van der Waals surface area contributed by atoms with Crippen molar-refractivity contribution in [2.75, 3.05) is 0 Å². The van der Waals surface area contributed by atoms with Crippen LogP contribution in [-0.2, 0) is 10.2 Å². The Morgan fingerprint density at radius 3 is 2.36 bits per heavy atom. The van der Waals surface area contributed by atoms with E-state index in [1.807, 2.05) is 0 Å². The van der Waals surface area contributed by atoms with Crippen LogP contribution in [0.5, 0.6) is 0 Å². The van der Waals surface area contributed by atoms with Crippen LogP contribution in [0.1, 0.15) is 0 Å². The molecule has 76 valence electrons. The molecular weight excluding hydrogens is 220 g/mol. The van der Waals surface area contributed by atoms with E-state index >= 15 is 0 Å².